The lowest BCUT2D eigenvalue weighted by Crippen LogP contribution is -2.46. The largest absolute Gasteiger partial charge is 0.416 e. The number of hydrogen-bond acceptors (Lipinski definition) is 3. The molecule has 1 aliphatic rings. The quantitative estimate of drug-likeness (QED) is 0.748. The zero-order valence-electron chi connectivity index (χ0n) is 14.3. The summed E-state index contributed by atoms with van der Waals surface area (Å²) < 4.78 is 38.9. The molecule has 1 atom stereocenters. The summed E-state index contributed by atoms with van der Waals surface area (Å²) in [6, 6.07) is 3.75. The molecule has 1 aromatic carbocycles. The molecule has 0 aliphatic carbocycles. The predicted molar refractivity (Wildman–Crippen MR) is 98.4 cm³/mol. The van der Waals surface area contributed by atoms with Crippen LogP contribution in [-0.2, 0) is 17.5 Å². The van der Waals surface area contributed by atoms with Crippen LogP contribution in [-0.4, -0.2) is 36.5 Å². The first-order chi connectivity index (χ1) is 11.8. The number of likely N-dealkylation sites (tertiary alicyclic amines) is 1. The Labute approximate surface area is 162 Å². The summed E-state index contributed by atoms with van der Waals surface area (Å²) in [5.74, 6) is -0.102. The Balaban J connectivity index is 0.00000338. The number of nitrogens with two attached hydrogens (primary N) is 1. The van der Waals surface area contributed by atoms with Gasteiger partial charge in [-0.05, 0) is 43.1 Å². The van der Waals surface area contributed by atoms with E-state index in [1.807, 2.05) is 0 Å². The molecule has 0 spiro atoms. The van der Waals surface area contributed by atoms with Crippen LogP contribution in [0.1, 0.15) is 36.8 Å². The Kier molecular flexibility index (Phi) is 9.16. The number of rotatable bonds is 6. The third kappa shape index (κ3) is 6.95. The second-order valence-electron chi connectivity index (χ2n) is 6.31. The summed E-state index contributed by atoms with van der Waals surface area (Å²) in [5, 5.41) is 2.93. The molecule has 9 heteroatoms. The summed E-state index contributed by atoms with van der Waals surface area (Å²) in [6.07, 6.45) is -1.22. The Morgan fingerprint density at radius 2 is 2.04 bits per heavy atom. The molecule has 3 N–H and O–H groups in total. The number of benzene rings is 1. The summed E-state index contributed by atoms with van der Waals surface area (Å²) in [6.45, 7) is 1.93. The highest BCUT2D eigenvalue weighted by molar-refractivity contribution is 6.30. The van der Waals surface area contributed by atoms with E-state index in [4.69, 9.17) is 17.3 Å². The van der Waals surface area contributed by atoms with E-state index >= 15 is 0 Å². The zero-order chi connectivity index (χ0) is 18.4. The Morgan fingerprint density at radius 3 is 2.69 bits per heavy atom. The van der Waals surface area contributed by atoms with Crippen LogP contribution in [0, 0.1) is 0 Å². The van der Waals surface area contributed by atoms with Crippen molar-refractivity contribution < 1.29 is 18.0 Å². The lowest BCUT2D eigenvalue weighted by molar-refractivity contribution is -0.137. The number of alkyl halides is 3. The third-order valence-corrected chi connectivity index (χ3v) is 4.54. The minimum Gasteiger partial charge on any atom is -0.354 e. The van der Waals surface area contributed by atoms with Crippen molar-refractivity contribution in [1.29, 1.82) is 0 Å². The van der Waals surface area contributed by atoms with Gasteiger partial charge in [0.05, 0.1) is 5.56 Å². The molecule has 1 saturated heterocycles. The normalized spacial score (nSPS) is 18.3. The molecular formula is C17H24Cl2F3N3O. The molecule has 1 amide bonds. The van der Waals surface area contributed by atoms with Crippen molar-refractivity contribution in [2.24, 2.45) is 5.73 Å². The fourth-order valence-electron chi connectivity index (χ4n) is 3.09. The number of nitrogens with one attached hydrogen (secondary N) is 1. The Hall–Kier alpha value is -1.02. The standard InChI is InChI=1S/C17H23ClF3N3O.ClH/c18-14-8-12(7-13(9-14)17(19,20)21)11-24-6-2-1-3-15(24)10-23-16(25)4-5-22;/h7-9,15H,1-6,10-11,22H2,(H,23,25);1H. The Bertz CT molecular complexity index is 599. The number of nitrogens with zero attached hydrogens (tertiary/aromatic N) is 1. The molecule has 1 unspecified atom stereocenters. The highest BCUT2D eigenvalue weighted by atomic mass is 35.5. The SMILES string of the molecule is Cl.NCCC(=O)NCC1CCCCN1Cc1cc(Cl)cc(C(F)(F)F)c1. The van der Waals surface area contributed by atoms with Crippen LogP contribution in [0.5, 0.6) is 0 Å². The number of halogens is 5. The number of piperidine rings is 1. The maximum atomic E-state index is 13.0. The first-order valence-electron chi connectivity index (χ1n) is 8.37. The zero-order valence-corrected chi connectivity index (χ0v) is 15.9. The van der Waals surface area contributed by atoms with E-state index in [1.54, 1.807) is 6.07 Å². The van der Waals surface area contributed by atoms with Crippen LogP contribution in [0.15, 0.2) is 18.2 Å². The number of carbonyl (C=O) groups excluding carboxylic acids is 1. The van der Waals surface area contributed by atoms with Crippen molar-refractivity contribution in [2.75, 3.05) is 19.6 Å². The van der Waals surface area contributed by atoms with E-state index < -0.39 is 11.7 Å². The summed E-state index contributed by atoms with van der Waals surface area (Å²) in [7, 11) is 0. The molecule has 26 heavy (non-hydrogen) atoms. The molecule has 148 valence electrons. The van der Waals surface area contributed by atoms with E-state index in [1.165, 1.54) is 0 Å². The van der Waals surface area contributed by atoms with Crippen molar-refractivity contribution >= 4 is 29.9 Å². The van der Waals surface area contributed by atoms with Crippen LogP contribution in [0.25, 0.3) is 0 Å². The van der Waals surface area contributed by atoms with Crippen molar-refractivity contribution in [3.63, 3.8) is 0 Å². The fraction of sp³-hybridized carbons (Fsp3) is 0.588. The van der Waals surface area contributed by atoms with Crippen LogP contribution in [0.2, 0.25) is 5.02 Å². The maximum Gasteiger partial charge on any atom is 0.416 e. The van der Waals surface area contributed by atoms with Gasteiger partial charge in [-0.2, -0.15) is 13.2 Å². The molecule has 1 aromatic rings. The molecule has 2 rings (SSSR count). The number of hydrogen-bond donors (Lipinski definition) is 2. The third-order valence-electron chi connectivity index (χ3n) is 4.33. The average molecular weight is 414 g/mol. The summed E-state index contributed by atoms with van der Waals surface area (Å²) in [4.78, 5) is 13.7. The monoisotopic (exact) mass is 413 g/mol. The van der Waals surface area contributed by atoms with Crippen LogP contribution in [0.3, 0.4) is 0 Å². The van der Waals surface area contributed by atoms with Crippen LogP contribution >= 0.6 is 24.0 Å². The minimum atomic E-state index is -4.42. The Morgan fingerprint density at radius 1 is 1.31 bits per heavy atom. The number of amides is 1. The topological polar surface area (TPSA) is 58.4 Å². The molecule has 0 bridgehead atoms. The van der Waals surface area contributed by atoms with E-state index in [9.17, 15) is 18.0 Å². The van der Waals surface area contributed by atoms with Gasteiger partial charge >= 0.3 is 6.18 Å². The van der Waals surface area contributed by atoms with Crippen molar-refractivity contribution in [3.05, 3.63) is 34.3 Å². The van der Waals surface area contributed by atoms with Gasteiger partial charge in [-0.25, -0.2) is 0 Å². The smallest absolute Gasteiger partial charge is 0.354 e. The van der Waals surface area contributed by atoms with Gasteiger partial charge in [0.1, 0.15) is 0 Å². The first kappa shape index (κ1) is 23.0. The van der Waals surface area contributed by atoms with E-state index in [0.29, 0.717) is 25.2 Å². The molecule has 1 heterocycles. The van der Waals surface area contributed by atoms with Crippen molar-refractivity contribution in [3.8, 4) is 0 Å². The molecule has 4 nitrogen and oxygen atoms in total. The predicted octanol–water partition coefficient (Wildman–Crippen LogP) is 3.60. The van der Waals surface area contributed by atoms with Gasteiger partial charge in [0.25, 0.3) is 0 Å². The molecule has 1 fully saturated rings. The minimum absolute atomic E-state index is 0. The van der Waals surface area contributed by atoms with Crippen LogP contribution < -0.4 is 11.1 Å². The summed E-state index contributed by atoms with van der Waals surface area (Å²) in [5.41, 5.74) is 5.15. The highest BCUT2D eigenvalue weighted by Crippen LogP contribution is 2.32. The second kappa shape index (κ2) is 10.3. The fourth-order valence-corrected chi connectivity index (χ4v) is 3.35. The average Bonchev–Trinajstić information content (AvgIpc) is 2.53. The van der Waals surface area contributed by atoms with Gasteiger partial charge in [-0.15, -0.1) is 12.4 Å². The van der Waals surface area contributed by atoms with Crippen LogP contribution in [0.4, 0.5) is 13.2 Å². The van der Waals surface area contributed by atoms with Gasteiger partial charge in [0.2, 0.25) is 5.91 Å². The molecule has 1 aliphatic heterocycles. The first-order valence-corrected chi connectivity index (χ1v) is 8.75. The lowest BCUT2D eigenvalue weighted by atomic mass is 10.0. The molecule has 0 saturated carbocycles. The van der Waals surface area contributed by atoms with E-state index in [0.717, 1.165) is 37.9 Å². The molecule has 0 aromatic heterocycles. The summed E-state index contributed by atoms with van der Waals surface area (Å²) >= 11 is 5.86. The second-order valence-corrected chi connectivity index (χ2v) is 6.75. The van der Waals surface area contributed by atoms with E-state index in [2.05, 4.69) is 10.2 Å². The van der Waals surface area contributed by atoms with Crippen molar-refractivity contribution in [2.45, 2.75) is 44.4 Å². The number of carbonyl (C=O) groups is 1. The van der Waals surface area contributed by atoms with E-state index in [-0.39, 0.29) is 35.8 Å². The maximum absolute atomic E-state index is 13.0. The van der Waals surface area contributed by atoms with Gasteiger partial charge in [0.15, 0.2) is 0 Å². The van der Waals surface area contributed by atoms with Gasteiger partial charge in [-0.1, -0.05) is 18.0 Å². The van der Waals surface area contributed by atoms with Crippen molar-refractivity contribution in [1.82, 2.24) is 10.2 Å². The molecule has 0 radical (unpaired) electrons. The molecular weight excluding hydrogens is 390 g/mol. The lowest BCUT2D eigenvalue weighted by Gasteiger charge is -2.36. The highest BCUT2D eigenvalue weighted by Gasteiger charge is 2.31. The van der Waals surface area contributed by atoms with Gasteiger partial charge in [0, 0.05) is 37.1 Å². The van der Waals surface area contributed by atoms with Gasteiger partial charge in [-0.3, -0.25) is 9.69 Å². The van der Waals surface area contributed by atoms with Gasteiger partial charge < -0.3 is 11.1 Å².